The van der Waals surface area contributed by atoms with Gasteiger partial charge in [0.25, 0.3) is 0 Å². The Hall–Kier alpha value is -1.91. The average molecular weight is 292 g/mol. The number of amides is 1. The lowest BCUT2D eigenvalue weighted by Crippen LogP contribution is -2.37. The zero-order chi connectivity index (χ0) is 15.1. The quantitative estimate of drug-likeness (QED) is 0.846. The van der Waals surface area contributed by atoms with E-state index in [-0.39, 0.29) is 18.5 Å². The molecule has 1 amide bonds. The van der Waals surface area contributed by atoms with Crippen molar-refractivity contribution in [2.24, 2.45) is 0 Å². The summed E-state index contributed by atoms with van der Waals surface area (Å²) in [5.41, 5.74) is 0.860. The maximum absolute atomic E-state index is 11.9. The van der Waals surface area contributed by atoms with Gasteiger partial charge in [0.15, 0.2) is 11.5 Å². The number of anilines is 1. The minimum absolute atomic E-state index is 0.0100. The van der Waals surface area contributed by atoms with Crippen LogP contribution in [-0.4, -0.2) is 31.7 Å². The molecule has 1 aliphatic heterocycles. The van der Waals surface area contributed by atoms with Gasteiger partial charge in [-0.2, -0.15) is 0 Å². The second-order valence-electron chi connectivity index (χ2n) is 5.15. The molecule has 0 saturated carbocycles. The van der Waals surface area contributed by atoms with Crippen molar-refractivity contribution in [2.75, 3.05) is 25.1 Å². The molecular weight excluding hydrogens is 268 g/mol. The monoisotopic (exact) mass is 292 g/mol. The van der Waals surface area contributed by atoms with Crippen molar-refractivity contribution in [1.82, 2.24) is 5.32 Å². The van der Waals surface area contributed by atoms with E-state index in [9.17, 15) is 4.79 Å². The number of hydrogen-bond acceptors (Lipinski definition) is 4. The van der Waals surface area contributed by atoms with Crippen molar-refractivity contribution >= 4 is 11.6 Å². The summed E-state index contributed by atoms with van der Waals surface area (Å²) >= 11 is 0. The molecule has 5 heteroatoms. The first-order valence-electron chi connectivity index (χ1n) is 7.65. The number of ether oxygens (including phenoxy) is 2. The Bertz CT molecular complexity index is 473. The highest BCUT2D eigenvalue weighted by Crippen LogP contribution is 2.32. The van der Waals surface area contributed by atoms with Gasteiger partial charge in [0.2, 0.25) is 5.91 Å². The van der Waals surface area contributed by atoms with E-state index < -0.39 is 0 Å². The molecule has 0 aromatic heterocycles. The number of rotatable bonds is 6. The average Bonchev–Trinajstić information content (AvgIpc) is 2.75. The number of benzene rings is 1. The van der Waals surface area contributed by atoms with Gasteiger partial charge in [-0.05, 0) is 25.0 Å². The topological polar surface area (TPSA) is 59.6 Å². The third-order valence-corrected chi connectivity index (χ3v) is 3.55. The van der Waals surface area contributed by atoms with Crippen LogP contribution in [0.15, 0.2) is 18.2 Å². The number of carbonyl (C=O) groups is 1. The third kappa shape index (κ3) is 4.55. The largest absolute Gasteiger partial charge is 0.490 e. The molecule has 5 nitrogen and oxygen atoms in total. The van der Waals surface area contributed by atoms with Crippen LogP contribution in [0.2, 0.25) is 0 Å². The molecule has 1 aliphatic rings. The molecule has 0 spiro atoms. The fraction of sp³-hybridized carbons (Fsp3) is 0.562. The fourth-order valence-electron chi connectivity index (χ4n) is 2.23. The molecule has 0 atom stereocenters. The maximum atomic E-state index is 11.9. The standard InChI is InChI=1S/C16H24N2O3/c1-3-12(4-2)18-16(19)11-17-13-6-7-14-15(10-13)21-9-5-8-20-14/h6-7,10,12,17H,3-5,8-9,11H2,1-2H3,(H,18,19). The summed E-state index contributed by atoms with van der Waals surface area (Å²) < 4.78 is 11.2. The SMILES string of the molecule is CCC(CC)NC(=O)CNc1ccc2c(c1)OCCCO2. The Labute approximate surface area is 126 Å². The Morgan fingerprint density at radius 3 is 2.62 bits per heavy atom. The first-order chi connectivity index (χ1) is 10.2. The molecule has 1 aromatic carbocycles. The van der Waals surface area contributed by atoms with Gasteiger partial charge in [-0.3, -0.25) is 4.79 Å². The summed E-state index contributed by atoms with van der Waals surface area (Å²) in [6.45, 7) is 5.75. The van der Waals surface area contributed by atoms with Crippen LogP contribution in [0.4, 0.5) is 5.69 Å². The van der Waals surface area contributed by atoms with Crippen molar-refractivity contribution in [3.8, 4) is 11.5 Å². The van der Waals surface area contributed by atoms with Crippen LogP contribution >= 0.6 is 0 Å². The molecule has 0 aliphatic carbocycles. The van der Waals surface area contributed by atoms with E-state index in [1.54, 1.807) is 0 Å². The lowest BCUT2D eigenvalue weighted by molar-refractivity contribution is -0.120. The van der Waals surface area contributed by atoms with Crippen LogP contribution in [0.25, 0.3) is 0 Å². The molecule has 21 heavy (non-hydrogen) atoms. The smallest absolute Gasteiger partial charge is 0.239 e. The van der Waals surface area contributed by atoms with Gasteiger partial charge in [-0.25, -0.2) is 0 Å². The van der Waals surface area contributed by atoms with Crippen molar-refractivity contribution in [3.05, 3.63) is 18.2 Å². The van der Waals surface area contributed by atoms with Crippen LogP contribution in [-0.2, 0) is 4.79 Å². The van der Waals surface area contributed by atoms with Gasteiger partial charge >= 0.3 is 0 Å². The van der Waals surface area contributed by atoms with Crippen molar-refractivity contribution in [2.45, 2.75) is 39.2 Å². The summed E-state index contributed by atoms with van der Waals surface area (Å²) in [6.07, 6.45) is 2.79. The number of hydrogen-bond donors (Lipinski definition) is 2. The summed E-state index contributed by atoms with van der Waals surface area (Å²) in [6, 6.07) is 5.91. The molecule has 0 saturated heterocycles. The molecule has 0 unspecified atom stereocenters. The molecular formula is C16H24N2O3. The van der Waals surface area contributed by atoms with Crippen LogP contribution < -0.4 is 20.1 Å². The van der Waals surface area contributed by atoms with Crippen molar-refractivity contribution < 1.29 is 14.3 Å². The highest BCUT2D eigenvalue weighted by Gasteiger charge is 2.12. The van der Waals surface area contributed by atoms with E-state index in [0.717, 1.165) is 36.4 Å². The molecule has 2 N–H and O–H groups in total. The second kappa shape index (κ2) is 7.76. The molecule has 0 fully saturated rings. The van der Waals surface area contributed by atoms with Crippen LogP contribution in [0.3, 0.4) is 0 Å². The minimum Gasteiger partial charge on any atom is -0.490 e. The number of fused-ring (bicyclic) bond motifs is 1. The van der Waals surface area contributed by atoms with E-state index in [1.165, 1.54) is 0 Å². The highest BCUT2D eigenvalue weighted by atomic mass is 16.5. The van der Waals surface area contributed by atoms with Gasteiger partial charge in [-0.1, -0.05) is 13.8 Å². The summed E-state index contributed by atoms with van der Waals surface area (Å²) in [4.78, 5) is 11.9. The van der Waals surface area contributed by atoms with Crippen molar-refractivity contribution in [3.63, 3.8) is 0 Å². The fourth-order valence-corrected chi connectivity index (χ4v) is 2.23. The predicted octanol–water partition coefficient (Wildman–Crippen LogP) is 2.56. The Morgan fingerprint density at radius 1 is 1.19 bits per heavy atom. The van der Waals surface area contributed by atoms with Crippen LogP contribution in [0.5, 0.6) is 11.5 Å². The van der Waals surface area contributed by atoms with Gasteiger partial charge in [0.05, 0.1) is 19.8 Å². The zero-order valence-corrected chi connectivity index (χ0v) is 12.8. The molecule has 116 valence electrons. The van der Waals surface area contributed by atoms with E-state index in [1.807, 2.05) is 18.2 Å². The summed E-state index contributed by atoms with van der Waals surface area (Å²) in [5, 5.41) is 6.12. The highest BCUT2D eigenvalue weighted by molar-refractivity contribution is 5.81. The third-order valence-electron chi connectivity index (χ3n) is 3.55. The van der Waals surface area contributed by atoms with Crippen LogP contribution in [0, 0.1) is 0 Å². The van der Waals surface area contributed by atoms with E-state index in [0.29, 0.717) is 13.2 Å². The van der Waals surface area contributed by atoms with Gasteiger partial charge < -0.3 is 20.1 Å². The molecule has 2 rings (SSSR count). The minimum atomic E-state index is 0.0100. The van der Waals surface area contributed by atoms with E-state index in [2.05, 4.69) is 24.5 Å². The van der Waals surface area contributed by atoms with Crippen molar-refractivity contribution in [1.29, 1.82) is 0 Å². The zero-order valence-electron chi connectivity index (χ0n) is 12.8. The Kier molecular flexibility index (Phi) is 5.72. The summed E-state index contributed by atoms with van der Waals surface area (Å²) in [7, 11) is 0. The first-order valence-corrected chi connectivity index (χ1v) is 7.65. The van der Waals surface area contributed by atoms with Crippen LogP contribution in [0.1, 0.15) is 33.1 Å². The Balaban J connectivity index is 1.88. The van der Waals surface area contributed by atoms with E-state index in [4.69, 9.17) is 9.47 Å². The Morgan fingerprint density at radius 2 is 1.90 bits per heavy atom. The lowest BCUT2D eigenvalue weighted by Gasteiger charge is -2.15. The normalized spacial score (nSPS) is 13.7. The lowest BCUT2D eigenvalue weighted by atomic mass is 10.2. The molecule has 0 radical (unpaired) electrons. The number of carbonyl (C=O) groups excluding carboxylic acids is 1. The predicted molar refractivity (Wildman–Crippen MR) is 83.1 cm³/mol. The van der Waals surface area contributed by atoms with E-state index >= 15 is 0 Å². The van der Waals surface area contributed by atoms with Gasteiger partial charge in [0, 0.05) is 24.2 Å². The number of nitrogens with one attached hydrogen (secondary N) is 2. The summed E-state index contributed by atoms with van der Waals surface area (Å²) in [5.74, 6) is 1.51. The van der Waals surface area contributed by atoms with Gasteiger partial charge in [0.1, 0.15) is 0 Å². The molecule has 0 bridgehead atoms. The first kappa shape index (κ1) is 15.5. The molecule has 1 aromatic rings. The second-order valence-corrected chi connectivity index (χ2v) is 5.15. The maximum Gasteiger partial charge on any atom is 0.239 e. The van der Waals surface area contributed by atoms with Gasteiger partial charge in [-0.15, -0.1) is 0 Å². The molecule has 1 heterocycles.